The summed E-state index contributed by atoms with van der Waals surface area (Å²) < 4.78 is 32.2. The van der Waals surface area contributed by atoms with Crippen molar-refractivity contribution in [2.45, 2.75) is 42.7 Å². The van der Waals surface area contributed by atoms with Crippen LogP contribution in [0.5, 0.6) is 0 Å². The maximum absolute atomic E-state index is 12.0. The number of sulfonamides is 1. The Balaban J connectivity index is 1.58. The molecule has 5 nitrogen and oxygen atoms in total. The summed E-state index contributed by atoms with van der Waals surface area (Å²) in [5, 5.41) is 3.28. The molecule has 110 valence electrons. The van der Waals surface area contributed by atoms with Crippen molar-refractivity contribution in [3.63, 3.8) is 0 Å². The van der Waals surface area contributed by atoms with Crippen LogP contribution in [0.2, 0.25) is 0 Å². The number of hydrogen-bond acceptors (Lipinski definition) is 4. The molecule has 20 heavy (non-hydrogen) atoms. The Morgan fingerprint density at radius 2 is 1.90 bits per heavy atom. The van der Waals surface area contributed by atoms with Gasteiger partial charge in [0.05, 0.1) is 11.0 Å². The van der Waals surface area contributed by atoms with Crippen LogP contribution in [0.25, 0.3) is 0 Å². The molecule has 1 saturated carbocycles. The number of benzene rings is 1. The van der Waals surface area contributed by atoms with E-state index in [4.69, 9.17) is 4.74 Å². The molecule has 1 unspecified atom stereocenters. The lowest BCUT2D eigenvalue weighted by molar-refractivity contribution is 0.120. The van der Waals surface area contributed by atoms with Gasteiger partial charge in [0.2, 0.25) is 10.0 Å². The Hall–Kier alpha value is -1.11. The van der Waals surface area contributed by atoms with Crippen molar-refractivity contribution in [2.75, 3.05) is 18.5 Å². The molecule has 0 bridgehead atoms. The summed E-state index contributed by atoms with van der Waals surface area (Å²) in [4.78, 5) is 0.326. The van der Waals surface area contributed by atoms with E-state index in [1.807, 2.05) is 0 Å². The van der Waals surface area contributed by atoms with E-state index in [2.05, 4.69) is 10.0 Å². The Labute approximate surface area is 119 Å². The van der Waals surface area contributed by atoms with E-state index in [0.29, 0.717) is 4.90 Å². The van der Waals surface area contributed by atoms with E-state index < -0.39 is 10.0 Å². The molecule has 2 aliphatic rings. The number of hydrogen-bond donors (Lipinski definition) is 2. The Morgan fingerprint density at radius 1 is 1.15 bits per heavy atom. The molecule has 1 aromatic carbocycles. The van der Waals surface area contributed by atoms with E-state index >= 15 is 0 Å². The van der Waals surface area contributed by atoms with Crippen molar-refractivity contribution in [3.8, 4) is 0 Å². The number of anilines is 1. The van der Waals surface area contributed by atoms with Gasteiger partial charge in [-0.05, 0) is 49.9 Å². The summed E-state index contributed by atoms with van der Waals surface area (Å²) in [5.41, 5.74) is 0.922. The van der Waals surface area contributed by atoms with Gasteiger partial charge in [-0.3, -0.25) is 0 Å². The standard InChI is InChI=1S/C14H20N2O3S/c17-20(18,16-12-3-4-12)14-7-5-11(6-8-14)15-10-13-2-1-9-19-13/h5-8,12-13,15-16H,1-4,9-10H2. The van der Waals surface area contributed by atoms with Crippen LogP contribution in [-0.4, -0.2) is 33.7 Å². The third-order valence-corrected chi connectivity index (χ3v) is 5.16. The molecule has 0 radical (unpaired) electrons. The monoisotopic (exact) mass is 296 g/mol. The maximum Gasteiger partial charge on any atom is 0.240 e. The largest absolute Gasteiger partial charge is 0.382 e. The average molecular weight is 296 g/mol. The molecule has 0 aromatic heterocycles. The van der Waals surface area contributed by atoms with Crippen LogP contribution in [0.3, 0.4) is 0 Å². The van der Waals surface area contributed by atoms with E-state index in [9.17, 15) is 8.42 Å². The van der Waals surface area contributed by atoms with Crippen LogP contribution in [0.4, 0.5) is 5.69 Å². The molecule has 1 aromatic rings. The van der Waals surface area contributed by atoms with Crippen molar-refractivity contribution in [1.29, 1.82) is 0 Å². The fourth-order valence-corrected chi connectivity index (χ4v) is 3.58. The minimum atomic E-state index is -3.35. The van der Waals surface area contributed by atoms with Crippen molar-refractivity contribution < 1.29 is 13.2 Å². The van der Waals surface area contributed by atoms with Crippen LogP contribution >= 0.6 is 0 Å². The first kappa shape index (κ1) is 13.9. The average Bonchev–Trinajstić information content (AvgIpc) is 3.08. The zero-order valence-corrected chi connectivity index (χ0v) is 12.2. The molecule has 1 aliphatic carbocycles. The highest BCUT2D eigenvalue weighted by Gasteiger charge is 2.27. The highest BCUT2D eigenvalue weighted by Crippen LogP contribution is 2.23. The third kappa shape index (κ3) is 3.50. The highest BCUT2D eigenvalue weighted by atomic mass is 32.2. The molecule has 1 atom stereocenters. The zero-order chi connectivity index (χ0) is 14.0. The first-order valence-corrected chi connectivity index (χ1v) is 8.60. The summed E-state index contributed by atoms with van der Waals surface area (Å²) in [6.07, 6.45) is 4.37. The summed E-state index contributed by atoms with van der Waals surface area (Å²) in [6, 6.07) is 7.02. The van der Waals surface area contributed by atoms with Gasteiger partial charge in [0.25, 0.3) is 0 Å². The van der Waals surface area contributed by atoms with E-state index in [1.165, 1.54) is 0 Å². The van der Waals surface area contributed by atoms with Crippen molar-refractivity contribution in [2.24, 2.45) is 0 Å². The predicted octanol–water partition coefficient (Wildman–Crippen LogP) is 1.72. The van der Waals surface area contributed by atoms with Gasteiger partial charge in [0.15, 0.2) is 0 Å². The number of rotatable bonds is 6. The third-order valence-electron chi connectivity index (χ3n) is 3.62. The number of ether oxygens (including phenoxy) is 1. The van der Waals surface area contributed by atoms with Crippen molar-refractivity contribution >= 4 is 15.7 Å². The predicted molar refractivity (Wildman–Crippen MR) is 77.2 cm³/mol. The highest BCUT2D eigenvalue weighted by molar-refractivity contribution is 7.89. The lowest BCUT2D eigenvalue weighted by atomic mass is 10.2. The fraction of sp³-hybridized carbons (Fsp3) is 0.571. The SMILES string of the molecule is O=S(=O)(NC1CC1)c1ccc(NCC2CCCO2)cc1. The van der Waals surface area contributed by atoms with E-state index in [1.54, 1.807) is 24.3 Å². The van der Waals surface area contributed by atoms with Crippen LogP contribution in [0.1, 0.15) is 25.7 Å². The zero-order valence-electron chi connectivity index (χ0n) is 11.3. The first-order chi connectivity index (χ1) is 9.63. The van der Waals surface area contributed by atoms with Crippen LogP contribution < -0.4 is 10.0 Å². The fourth-order valence-electron chi connectivity index (χ4n) is 2.28. The summed E-state index contributed by atoms with van der Waals surface area (Å²) in [7, 11) is -3.35. The topological polar surface area (TPSA) is 67.4 Å². The Morgan fingerprint density at radius 3 is 2.50 bits per heavy atom. The summed E-state index contributed by atoms with van der Waals surface area (Å²) in [6.45, 7) is 1.61. The van der Waals surface area contributed by atoms with Crippen LogP contribution in [0, 0.1) is 0 Å². The van der Waals surface area contributed by atoms with Crippen molar-refractivity contribution in [1.82, 2.24) is 4.72 Å². The van der Waals surface area contributed by atoms with Crippen LogP contribution in [0.15, 0.2) is 29.2 Å². The maximum atomic E-state index is 12.0. The van der Waals surface area contributed by atoms with Gasteiger partial charge in [0.1, 0.15) is 0 Å². The molecule has 2 N–H and O–H groups in total. The van der Waals surface area contributed by atoms with E-state index in [-0.39, 0.29) is 12.1 Å². The molecule has 1 saturated heterocycles. The van der Waals surface area contributed by atoms with Gasteiger partial charge in [-0.1, -0.05) is 0 Å². The molecule has 1 aliphatic heterocycles. The summed E-state index contributed by atoms with van der Waals surface area (Å²) >= 11 is 0. The van der Waals surface area contributed by atoms with E-state index in [0.717, 1.165) is 44.5 Å². The molecular formula is C14H20N2O3S. The molecule has 1 heterocycles. The second-order valence-electron chi connectivity index (χ2n) is 5.44. The number of nitrogens with one attached hydrogen (secondary N) is 2. The molecule has 0 spiro atoms. The minimum absolute atomic E-state index is 0.136. The smallest absolute Gasteiger partial charge is 0.240 e. The molecule has 2 fully saturated rings. The van der Waals surface area contributed by atoms with Gasteiger partial charge >= 0.3 is 0 Å². The quantitative estimate of drug-likeness (QED) is 0.839. The normalized spacial score (nSPS) is 22.9. The second-order valence-corrected chi connectivity index (χ2v) is 7.15. The lowest BCUT2D eigenvalue weighted by Gasteiger charge is -2.12. The summed E-state index contributed by atoms with van der Waals surface area (Å²) in [5.74, 6) is 0. The van der Waals surface area contributed by atoms with Gasteiger partial charge in [0, 0.05) is 24.9 Å². The lowest BCUT2D eigenvalue weighted by Crippen LogP contribution is -2.25. The van der Waals surface area contributed by atoms with Crippen LogP contribution in [-0.2, 0) is 14.8 Å². The Kier molecular flexibility index (Phi) is 3.96. The van der Waals surface area contributed by atoms with Gasteiger partial charge in [-0.25, -0.2) is 13.1 Å². The van der Waals surface area contributed by atoms with Crippen molar-refractivity contribution in [3.05, 3.63) is 24.3 Å². The molecule has 0 amide bonds. The second kappa shape index (κ2) is 5.71. The molecule has 6 heteroatoms. The van der Waals surface area contributed by atoms with Gasteiger partial charge < -0.3 is 10.1 Å². The van der Waals surface area contributed by atoms with Gasteiger partial charge in [-0.15, -0.1) is 0 Å². The Bertz CT molecular complexity index is 546. The minimum Gasteiger partial charge on any atom is -0.382 e. The first-order valence-electron chi connectivity index (χ1n) is 7.11. The molecule has 3 rings (SSSR count). The van der Waals surface area contributed by atoms with Gasteiger partial charge in [-0.2, -0.15) is 0 Å². The molecular weight excluding hydrogens is 276 g/mol.